The molecule has 2 aliphatic heterocycles. The van der Waals surface area contributed by atoms with Gasteiger partial charge >= 0.3 is 0 Å². The van der Waals surface area contributed by atoms with E-state index in [2.05, 4.69) is 45.6 Å². The minimum absolute atomic E-state index is 0.407. The molecule has 3 rings (SSSR count). The molecule has 0 unspecified atom stereocenters. The first kappa shape index (κ1) is 14.5. The smallest absolute Gasteiger partial charge is 0.0870 e. The maximum Gasteiger partial charge on any atom is 0.0870 e. The van der Waals surface area contributed by atoms with E-state index in [1.807, 2.05) is 0 Å². The summed E-state index contributed by atoms with van der Waals surface area (Å²) in [5.74, 6) is 0. The van der Waals surface area contributed by atoms with Gasteiger partial charge in [-0.2, -0.15) is 11.3 Å². The number of ether oxygens (including phenoxy) is 1. The normalized spacial score (nSPS) is 28.1. The number of morpholine rings is 1. The number of nitrogens with zero attached hydrogens (tertiary/aromatic N) is 3. The molecule has 0 aliphatic carbocycles. The first-order chi connectivity index (χ1) is 9.72. The highest BCUT2D eigenvalue weighted by Crippen LogP contribution is 2.24. The minimum Gasteiger partial charge on any atom is -0.374 e. The molecule has 0 aromatic carbocycles. The van der Waals surface area contributed by atoms with Crippen LogP contribution in [0.1, 0.15) is 5.56 Å². The van der Waals surface area contributed by atoms with E-state index in [1.54, 1.807) is 11.3 Å². The van der Waals surface area contributed by atoms with Crippen LogP contribution in [-0.4, -0.2) is 80.3 Å². The summed E-state index contributed by atoms with van der Waals surface area (Å²) in [6, 6.07) is 2.82. The summed E-state index contributed by atoms with van der Waals surface area (Å²) in [7, 11) is 4.30. The monoisotopic (exact) mass is 295 g/mol. The summed E-state index contributed by atoms with van der Waals surface area (Å²) < 4.78 is 5.99. The molecule has 5 heteroatoms. The second-order valence-electron chi connectivity index (χ2n) is 6.14. The molecule has 0 amide bonds. The third-order valence-corrected chi connectivity index (χ3v) is 5.04. The van der Waals surface area contributed by atoms with E-state index in [0.717, 1.165) is 45.9 Å². The second-order valence-corrected chi connectivity index (χ2v) is 6.92. The van der Waals surface area contributed by atoms with E-state index in [4.69, 9.17) is 4.74 Å². The van der Waals surface area contributed by atoms with Gasteiger partial charge in [0.15, 0.2) is 0 Å². The lowest BCUT2D eigenvalue weighted by Crippen LogP contribution is -2.52. The standard InChI is InChI=1S/C15H25N3OS/c1-16(2)4-5-18-6-7-19-15-11-17(10-14(15)18)9-13-3-8-20-12-13/h3,8,12,14-15H,4-7,9-11H2,1-2H3/t14-,15+/m1/s1. The van der Waals surface area contributed by atoms with Crippen LogP contribution in [0, 0.1) is 0 Å². The first-order valence-electron chi connectivity index (χ1n) is 7.46. The van der Waals surface area contributed by atoms with Gasteiger partial charge in [-0.1, -0.05) is 0 Å². The van der Waals surface area contributed by atoms with Crippen molar-refractivity contribution < 1.29 is 4.74 Å². The van der Waals surface area contributed by atoms with Gasteiger partial charge in [-0.05, 0) is 36.5 Å². The Hall–Kier alpha value is -0.460. The summed E-state index contributed by atoms with van der Waals surface area (Å²) >= 11 is 1.79. The molecule has 20 heavy (non-hydrogen) atoms. The van der Waals surface area contributed by atoms with Crippen LogP contribution in [-0.2, 0) is 11.3 Å². The third kappa shape index (κ3) is 3.40. The number of thiophene rings is 1. The molecule has 0 bridgehead atoms. The Morgan fingerprint density at radius 2 is 2.30 bits per heavy atom. The lowest BCUT2D eigenvalue weighted by Gasteiger charge is -2.37. The SMILES string of the molecule is CN(C)CCN1CCO[C@H]2CN(Cc3ccsc3)C[C@H]21. The highest BCUT2D eigenvalue weighted by molar-refractivity contribution is 7.07. The van der Waals surface area contributed by atoms with Gasteiger partial charge in [0.25, 0.3) is 0 Å². The Balaban J connectivity index is 1.57. The van der Waals surface area contributed by atoms with Crippen LogP contribution in [0.15, 0.2) is 16.8 Å². The van der Waals surface area contributed by atoms with E-state index in [9.17, 15) is 0 Å². The lowest BCUT2D eigenvalue weighted by atomic mass is 10.1. The molecule has 2 saturated heterocycles. The van der Waals surface area contributed by atoms with E-state index in [-0.39, 0.29) is 0 Å². The van der Waals surface area contributed by atoms with Crippen molar-refractivity contribution in [3.05, 3.63) is 22.4 Å². The second kappa shape index (κ2) is 6.54. The van der Waals surface area contributed by atoms with Crippen molar-refractivity contribution in [2.45, 2.75) is 18.7 Å². The maximum absolute atomic E-state index is 5.99. The largest absolute Gasteiger partial charge is 0.374 e. The van der Waals surface area contributed by atoms with Crippen molar-refractivity contribution in [3.63, 3.8) is 0 Å². The fourth-order valence-electron chi connectivity index (χ4n) is 3.21. The molecule has 4 nitrogen and oxygen atoms in total. The molecule has 0 saturated carbocycles. The van der Waals surface area contributed by atoms with E-state index < -0.39 is 0 Å². The maximum atomic E-state index is 5.99. The number of hydrogen-bond donors (Lipinski definition) is 0. The summed E-state index contributed by atoms with van der Waals surface area (Å²) in [6.45, 7) is 7.56. The molecule has 0 N–H and O–H groups in total. The third-order valence-electron chi connectivity index (χ3n) is 4.31. The Kier molecular flexibility index (Phi) is 4.73. The van der Waals surface area contributed by atoms with Crippen LogP contribution < -0.4 is 0 Å². The zero-order valence-corrected chi connectivity index (χ0v) is 13.3. The van der Waals surface area contributed by atoms with Gasteiger partial charge < -0.3 is 9.64 Å². The summed E-state index contributed by atoms with van der Waals surface area (Å²) in [6.07, 6.45) is 0.407. The summed E-state index contributed by atoms with van der Waals surface area (Å²) in [5, 5.41) is 4.42. The summed E-state index contributed by atoms with van der Waals surface area (Å²) in [4.78, 5) is 7.44. The Morgan fingerprint density at radius 3 is 3.05 bits per heavy atom. The first-order valence-corrected chi connectivity index (χ1v) is 8.40. The molecule has 1 aromatic heterocycles. The van der Waals surface area contributed by atoms with Crippen LogP contribution in [0.2, 0.25) is 0 Å². The van der Waals surface area contributed by atoms with Gasteiger partial charge in [0.1, 0.15) is 0 Å². The molecular formula is C15H25N3OS. The molecule has 1 aromatic rings. The molecule has 2 fully saturated rings. The number of rotatable bonds is 5. The highest BCUT2D eigenvalue weighted by Gasteiger charge is 2.39. The number of hydrogen-bond acceptors (Lipinski definition) is 5. The molecule has 2 aliphatic rings. The van der Waals surface area contributed by atoms with Crippen molar-refractivity contribution in [1.82, 2.24) is 14.7 Å². The van der Waals surface area contributed by atoms with Crippen molar-refractivity contribution in [3.8, 4) is 0 Å². The Bertz CT molecular complexity index is 409. The zero-order chi connectivity index (χ0) is 13.9. The van der Waals surface area contributed by atoms with Gasteiger partial charge in [-0.15, -0.1) is 0 Å². The molecule has 112 valence electrons. The van der Waals surface area contributed by atoms with Crippen LogP contribution >= 0.6 is 11.3 Å². The topological polar surface area (TPSA) is 19.0 Å². The van der Waals surface area contributed by atoms with Crippen molar-refractivity contribution >= 4 is 11.3 Å². The van der Waals surface area contributed by atoms with Gasteiger partial charge in [0.05, 0.1) is 12.7 Å². The summed E-state index contributed by atoms with van der Waals surface area (Å²) in [5.41, 5.74) is 1.44. The Labute approximate surface area is 125 Å². The van der Waals surface area contributed by atoms with E-state index in [0.29, 0.717) is 12.1 Å². The van der Waals surface area contributed by atoms with Crippen molar-refractivity contribution in [2.75, 3.05) is 53.4 Å². The van der Waals surface area contributed by atoms with Crippen LogP contribution in [0.5, 0.6) is 0 Å². The molecule has 0 radical (unpaired) electrons. The molecule has 2 atom stereocenters. The number of likely N-dealkylation sites (tertiary alicyclic amines) is 1. The lowest BCUT2D eigenvalue weighted by molar-refractivity contribution is -0.0483. The predicted octanol–water partition coefficient (Wildman–Crippen LogP) is 1.19. The van der Waals surface area contributed by atoms with Crippen LogP contribution in [0.4, 0.5) is 0 Å². The predicted molar refractivity (Wildman–Crippen MR) is 83.3 cm³/mol. The van der Waals surface area contributed by atoms with Crippen LogP contribution in [0.3, 0.4) is 0 Å². The molecular weight excluding hydrogens is 270 g/mol. The fourth-order valence-corrected chi connectivity index (χ4v) is 3.87. The van der Waals surface area contributed by atoms with E-state index in [1.165, 1.54) is 5.56 Å². The average molecular weight is 295 g/mol. The molecule has 3 heterocycles. The van der Waals surface area contributed by atoms with Gasteiger partial charge in [-0.25, -0.2) is 0 Å². The van der Waals surface area contributed by atoms with E-state index >= 15 is 0 Å². The Morgan fingerprint density at radius 1 is 1.40 bits per heavy atom. The van der Waals surface area contributed by atoms with Crippen molar-refractivity contribution in [1.29, 1.82) is 0 Å². The van der Waals surface area contributed by atoms with Gasteiger partial charge in [-0.3, -0.25) is 9.80 Å². The van der Waals surface area contributed by atoms with Gasteiger partial charge in [0.2, 0.25) is 0 Å². The minimum atomic E-state index is 0.407. The van der Waals surface area contributed by atoms with Gasteiger partial charge in [0, 0.05) is 45.3 Å². The number of likely N-dealkylation sites (N-methyl/N-ethyl adjacent to an activating group) is 1. The average Bonchev–Trinajstić information content (AvgIpc) is 3.05. The van der Waals surface area contributed by atoms with Crippen LogP contribution in [0.25, 0.3) is 0 Å². The highest BCUT2D eigenvalue weighted by atomic mass is 32.1. The number of fused-ring (bicyclic) bond motifs is 1. The zero-order valence-electron chi connectivity index (χ0n) is 12.5. The quantitative estimate of drug-likeness (QED) is 0.812. The fraction of sp³-hybridized carbons (Fsp3) is 0.733. The van der Waals surface area contributed by atoms with Crippen molar-refractivity contribution in [2.24, 2.45) is 0 Å². The molecule has 0 spiro atoms.